The fourth-order valence-corrected chi connectivity index (χ4v) is 3.90. The molecule has 3 rings (SSSR count). The van der Waals surface area contributed by atoms with Crippen molar-refractivity contribution < 1.29 is 17.4 Å². The number of hydrogen-bond donors (Lipinski definition) is 1. The lowest BCUT2D eigenvalue weighted by atomic mass is 10.1. The summed E-state index contributed by atoms with van der Waals surface area (Å²) in [4.78, 5) is 7.87. The number of hydrogen-bond acceptors (Lipinski definition) is 6. The molecule has 0 radical (unpaired) electrons. The standard InChI is InChI=1S/C20H16F3N5OS/c1-12-5-13(10-30(2,29)26-11-24)7-15(6-12)27-20-25-9-18(23)19(28-20)16-4-3-14(21)8-17(16)22/h3-9H,10H2,1-2H3,(H,25,27,28)/t30-/m0/s1. The molecule has 0 unspecified atom stereocenters. The second-order valence-corrected chi connectivity index (χ2v) is 9.03. The molecule has 0 saturated carbocycles. The Hall–Kier alpha value is -3.45. The van der Waals surface area contributed by atoms with E-state index in [4.69, 9.17) is 5.26 Å². The van der Waals surface area contributed by atoms with Crippen LogP contribution >= 0.6 is 0 Å². The summed E-state index contributed by atoms with van der Waals surface area (Å²) in [7, 11) is -2.71. The Labute approximate surface area is 171 Å². The highest BCUT2D eigenvalue weighted by Gasteiger charge is 2.15. The number of aromatic nitrogens is 2. The number of rotatable bonds is 5. The maximum Gasteiger partial charge on any atom is 0.227 e. The minimum atomic E-state index is -2.71. The van der Waals surface area contributed by atoms with Crippen LogP contribution in [-0.4, -0.2) is 20.4 Å². The topological polar surface area (TPSA) is 91.0 Å². The van der Waals surface area contributed by atoms with Crippen molar-refractivity contribution in [3.63, 3.8) is 0 Å². The van der Waals surface area contributed by atoms with Gasteiger partial charge in [-0.25, -0.2) is 27.3 Å². The molecule has 0 bridgehead atoms. The summed E-state index contributed by atoms with van der Waals surface area (Å²) in [6.45, 7) is 1.82. The van der Waals surface area contributed by atoms with Gasteiger partial charge in [-0.15, -0.1) is 4.36 Å². The molecule has 0 amide bonds. The van der Waals surface area contributed by atoms with E-state index < -0.39 is 27.2 Å². The van der Waals surface area contributed by atoms with Crippen molar-refractivity contribution in [2.45, 2.75) is 12.7 Å². The van der Waals surface area contributed by atoms with E-state index in [-0.39, 0.29) is 23.0 Å². The van der Waals surface area contributed by atoms with Gasteiger partial charge in [0.05, 0.1) is 21.7 Å². The van der Waals surface area contributed by atoms with Gasteiger partial charge in [0.1, 0.15) is 17.3 Å². The van der Waals surface area contributed by atoms with E-state index in [1.54, 1.807) is 24.4 Å². The fraction of sp³-hybridized carbons (Fsp3) is 0.150. The van der Waals surface area contributed by atoms with E-state index in [9.17, 15) is 17.4 Å². The molecule has 1 aromatic heterocycles. The van der Waals surface area contributed by atoms with Crippen molar-refractivity contribution in [2.75, 3.05) is 11.6 Å². The van der Waals surface area contributed by atoms with Gasteiger partial charge in [0.25, 0.3) is 0 Å². The van der Waals surface area contributed by atoms with E-state index >= 15 is 0 Å². The van der Waals surface area contributed by atoms with Gasteiger partial charge < -0.3 is 5.32 Å². The lowest BCUT2D eigenvalue weighted by Crippen LogP contribution is -2.04. The monoisotopic (exact) mass is 431 g/mol. The molecular formula is C20H16F3N5OS. The minimum Gasteiger partial charge on any atom is -0.324 e. The lowest BCUT2D eigenvalue weighted by molar-refractivity contribution is 0.580. The molecule has 1 heterocycles. The predicted octanol–water partition coefficient (Wildman–Crippen LogP) is 4.69. The summed E-state index contributed by atoms with van der Waals surface area (Å²) < 4.78 is 57.1. The molecule has 0 fully saturated rings. The molecule has 2 aromatic carbocycles. The first kappa shape index (κ1) is 21.3. The number of anilines is 2. The minimum absolute atomic E-state index is 0.00869. The van der Waals surface area contributed by atoms with E-state index in [0.717, 1.165) is 23.9 Å². The second-order valence-electron chi connectivity index (χ2n) is 6.64. The van der Waals surface area contributed by atoms with Crippen LogP contribution in [0, 0.1) is 35.8 Å². The van der Waals surface area contributed by atoms with Crippen LogP contribution in [0.4, 0.5) is 24.8 Å². The van der Waals surface area contributed by atoms with Gasteiger partial charge in [-0.05, 0) is 42.3 Å². The zero-order chi connectivity index (χ0) is 21.9. The van der Waals surface area contributed by atoms with Gasteiger partial charge in [-0.1, -0.05) is 6.07 Å². The van der Waals surface area contributed by atoms with Crippen LogP contribution in [-0.2, 0) is 15.5 Å². The average molecular weight is 431 g/mol. The number of aryl methyl sites for hydroxylation is 1. The van der Waals surface area contributed by atoms with Crippen LogP contribution in [0.1, 0.15) is 11.1 Å². The van der Waals surface area contributed by atoms with Crippen molar-refractivity contribution >= 4 is 21.4 Å². The first-order valence-electron chi connectivity index (χ1n) is 8.60. The van der Waals surface area contributed by atoms with E-state index in [0.29, 0.717) is 17.3 Å². The SMILES string of the molecule is Cc1cc(C[S@](C)(=O)=NC#N)cc(Nc2ncc(F)c(-c3ccc(F)cc3F)n2)c1. The Morgan fingerprint density at radius 2 is 1.93 bits per heavy atom. The Balaban J connectivity index is 1.95. The molecule has 30 heavy (non-hydrogen) atoms. The van der Waals surface area contributed by atoms with Crippen molar-refractivity contribution in [3.05, 3.63) is 71.2 Å². The van der Waals surface area contributed by atoms with Crippen LogP contribution in [0.25, 0.3) is 11.3 Å². The second kappa shape index (κ2) is 8.51. The summed E-state index contributed by atoms with van der Waals surface area (Å²) in [5.41, 5.74) is 1.50. The lowest BCUT2D eigenvalue weighted by Gasteiger charge is -2.11. The number of halogens is 3. The molecule has 0 saturated heterocycles. The van der Waals surface area contributed by atoms with Gasteiger partial charge in [-0.3, -0.25) is 0 Å². The molecule has 3 aromatic rings. The van der Waals surface area contributed by atoms with Gasteiger partial charge >= 0.3 is 0 Å². The largest absolute Gasteiger partial charge is 0.324 e. The van der Waals surface area contributed by atoms with Crippen LogP contribution in [0.2, 0.25) is 0 Å². The third-order valence-corrected chi connectivity index (χ3v) is 5.33. The number of nitrogens with one attached hydrogen (secondary N) is 1. The highest BCUT2D eigenvalue weighted by Crippen LogP contribution is 2.26. The Kier molecular flexibility index (Phi) is 6.03. The van der Waals surface area contributed by atoms with Crippen LogP contribution in [0.5, 0.6) is 0 Å². The van der Waals surface area contributed by atoms with Crippen LogP contribution in [0.3, 0.4) is 0 Å². The van der Waals surface area contributed by atoms with Gasteiger partial charge in [0, 0.05) is 23.6 Å². The van der Waals surface area contributed by atoms with Crippen molar-refractivity contribution in [2.24, 2.45) is 4.36 Å². The first-order chi connectivity index (χ1) is 14.2. The quantitative estimate of drug-likeness (QED) is 0.592. The van der Waals surface area contributed by atoms with Crippen molar-refractivity contribution in [1.29, 1.82) is 5.26 Å². The van der Waals surface area contributed by atoms with Gasteiger partial charge in [0.2, 0.25) is 12.1 Å². The van der Waals surface area contributed by atoms with Crippen molar-refractivity contribution in [1.82, 2.24) is 9.97 Å². The van der Waals surface area contributed by atoms with E-state index in [1.165, 1.54) is 6.26 Å². The number of nitriles is 1. The number of benzene rings is 2. The average Bonchev–Trinajstić information content (AvgIpc) is 2.62. The Morgan fingerprint density at radius 1 is 1.17 bits per heavy atom. The van der Waals surface area contributed by atoms with Crippen molar-refractivity contribution in [3.8, 4) is 17.5 Å². The van der Waals surface area contributed by atoms with Crippen LogP contribution in [0.15, 0.2) is 47.0 Å². The molecule has 0 aliphatic heterocycles. The number of nitrogens with zero attached hydrogens (tertiary/aromatic N) is 4. The molecule has 1 atom stereocenters. The molecular weight excluding hydrogens is 415 g/mol. The highest BCUT2D eigenvalue weighted by molar-refractivity contribution is 7.92. The molecule has 10 heteroatoms. The van der Waals surface area contributed by atoms with Gasteiger partial charge in [-0.2, -0.15) is 5.26 Å². The Morgan fingerprint density at radius 3 is 2.63 bits per heavy atom. The zero-order valence-electron chi connectivity index (χ0n) is 16.0. The third-order valence-electron chi connectivity index (χ3n) is 3.99. The summed E-state index contributed by atoms with van der Waals surface area (Å²) >= 11 is 0. The Bertz CT molecular complexity index is 1280. The summed E-state index contributed by atoms with van der Waals surface area (Å²) in [5.74, 6) is -2.54. The molecule has 1 N–H and O–H groups in total. The fourth-order valence-electron chi connectivity index (χ4n) is 2.87. The summed E-state index contributed by atoms with van der Waals surface area (Å²) in [6, 6.07) is 7.98. The molecule has 6 nitrogen and oxygen atoms in total. The zero-order valence-corrected chi connectivity index (χ0v) is 16.8. The molecule has 0 aliphatic rings. The normalized spacial score (nSPS) is 12.7. The van der Waals surface area contributed by atoms with E-state index in [1.807, 2.05) is 6.92 Å². The molecule has 0 aliphatic carbocycles. The van der Waals surface area contributed by atoms with Gasteiger partial charge in [0.15, 0.2) is 5.82 Å². The molecule has 0 spiro atoms. The van der Waals surface area contributed by atoms with Crippen LogP contribution < -0.4 is 5.32 Å². The predicted molar refractivity (Wildman–Crippen MR) is 108 cm³/mol. The summed E-state index contributed by atoms with van der Waals surface area (Å²) in [5, 5.41) is 11.6. The summed E-state index contributed by atoms with van der Waals surface area (Å²) in [6.07, 6.45) is 3.83. The highest BCUT2D eigenvalue weighted by atomic mass is 32.2. The smallest absolute Gasteiger partial charge is 0.227 e. The maximum absolute atomic E-state index is 14.2. The third kappa shape index (κ3) is 5.12. The maximum atomic E-state index is 14.2. The van der Waals surface area contributed by atoms with E-state index in [2.05, 4.69) is 19.6 Å². The molecule has 154 valence electrons. The first-order valence-corrected chi connectivity index (χ1v) is 10.7.